The van der Waals surface area contributed by atoms with Crippen LogP contribution in [0, 0.1) is 0 Å². The van der Waals surface area contributed by atoms with Crippen LogP contribution in [0.5, 0.6) is 0 Å². The summed E-state index contributed by atoms with van der Waals surface area (Å²) in [7, 11) is 0. The number of carbonyl (C=O) groups is 8. The van der Waals surface area contributed by atoms with Crippen molar-refractivity contribution >= 4 is 47.4 Å². The quantitative estimate of drug-likeness (QED) is 0.107. The molecular formula is C16H24N6O11. The molecule has 3 atom stereocenters. The third kappa shape index (κ3) is 12.9. The number of hydrogen-bond acceptors (Lipinski definition) is 9. The lowest BCUT2D eigenvalue weighted by Crippen LogP contribution is -2.53. The first kappa shape index (κ1) is 28.7. The lowest BCUT2D eigenvalue weighted by atomic mass is 10.2. The maximum atomic E-state index is 12.1. The number of hydrogen-bond donors (Lipinski definition) is 9. The minimum atomic E-state index is -1.77. The van der Waals surface area contributed by atoms with Gasteiger partial charge in [-0.3, -0.25) is 33.6 Å². The lowest BCUT2D eigenvalue weighted by Gasteiger charge is -2.18. The Morgan fingerprint density at radius 3 is 1.52 bits per heavy atom. The van der Waals surface area contributed by atoms with Gasteiger partial charge in [-0.1, -0.05) is 0 Å². The van der Waals surface area contributed by atoms with Crippen LogP contribution < -0.4 is 32.7 Å². The first-order chi connectivity index (χ1) is 15.2. The number of aliphatic carboxylic acids is 3. The topological polar surface area (TPSA) is 297 Å². The van der Waals surface area contributed by atoms with Crippen molar-refractivity contribution in [3.8, 4) is 0 Å². The van der Waals surface area contributed by atoms with Gasteiger partial charge in [0.15, 0.2) is 0 Å². The zero-order valence-electron chi connectivity index (χ0n) is 17.0. The fourth-order valence-electron chi connectivity index (χ4n) is 2.15. The Hall–Kier alpha value is -4.28. The molecule has 0 aromatic rings. The van der Waals surface area contributed by atoms with Crippen LogP contribution in [0.1, 0.15) is 19.3 Å². The summed E-state index contributed by atoms with van der Waals surface area (Å²) in [6, 6.07) is -4.79. The summed E-state index contributed by atoms with van der Waals surface area (Å²) in [5.74, 6) is -9.64. The fourth-order valence-corrected chi connectivity index (χ4v) is 2.15. The molecule has 0 saturated heterocycles. The van der Waals surface area contributed by atoms with Crippen LogP contribution in [0.3, 0.4) is 0 Å². The molecule has 33 heavy (non-hydrogen) atoms. The summed E-state index contributed by atoms with van der Waals surface area (Å²) >= 11 is 0. The van der Waals surface area contributed by atoms with Gasteiger partial charge in [-0.2, -0.15) is 0 Å². The number of nitrogens with two attached hydrogens (primary N) is 2. The average Bonchev–Trinajstić information content (AvgIpc) is 2.67. The highest BCUT2D eigenvalue weighted by Crippen LogP contribution is 1.95. The van der Waals surface area contributed by atoms with Crippen molar-refractivity contribution in [1.82, 2.24) is 21.3 Å². The minimum Gasteiger partial charge on any atom is -0.481 e. The summed E-state index contributed by atoms with van der Waals surface area (Å²) in [4.78, 5) is 90.7. The molecule has 0 aromatic heterocycles. The molecule has 17 nitrogen and oxygen atoms in total. The van der Waals surface area contributed by atoms with E-state index in [-0.39, 0.29) is 0 Å². The van der Waals surface area contributed by atoms with Crippen molar-refractivity contribution in [3.05, 3.63) is 0 Å². The van der Waals surface area contributed by atoms with Gasteiger partial charge in [-0.25, -0.2) is 4.79 Å². The molecule has 0 radical (unpaired) electrons. The second-order valence-corrected chi connectivity index (χ2v) is 6.49. The molecule has 0 aliphatic carbocycles. The van der Waals surface area contributed by atoms with Crippen LogP contribution in [0.4, 0.5) is 0 Å². The third-order valence-corrected chi connectivity index (χ3v) is 3.65. The summed E-state index contributed by atoms with van der Waals surface area (Å²) in [5, 5.41) is 34.3. The molecule has 5 amide bonds. The molecule has 0 spiro atoms. The molecule has 0 heterocycles. The molecule has 0 rings (SSSR count). The molecule has 0 bridgehead atoms. The molecule has 0 saturated carbocycles. The van der Waals surface area contributed by atoms with Crippen molar-refractivity contribution < 1.29 is 53.7 Å². The van der Waals surface area contributed by atoms with Gasteiger partial charge in [0.2, 0.25) is 29.5 Å². The van der Waals surface area contributed by atoms with Gasteiger partial charge in [0.25, 0.3) is 0 Å². The zero-order valence-corrected chi connectivity index (χ0v) is 17.0. The van der Waals surface area contributed by atoms with E-state index in [2.05, 4.69) is 5.32 Å². The van der Waals surface area contributed by atoms with E-state index in [1.165, 1.54) is 0 Å². The van der Waals surface area contributed by atoms with Crippen LogP contribution in [0.25, 0.3) is 0 Å². The summed E-state index contributed by atoms with van der Waals surface area (Å²) < 4.78 is 0. The first-order valence-corrected chi connectivity index (χ1v) is 9.07. The zero-order chi connectivity index (χ0) is 25.7. The van der Waals surface area contributed by atoms with E-state index in [1.54, 1.807) is 0 Å². The van der Waals surface area contributed by atoms with Gasteiger partial charge in [-0.05, 0) is 0 Å². The fraction of sp³-hybridized carbons (Fsp3) is 0.500. The van der Waals surface area contributed by atoms with Crippen molar-refractivity contribution in [3.63, 3.8) is 0 Å². The summed E-state index contributed by atoms with van der Waals surface area (Å²) in [6.45, 7) is -1.59. The predicted molar refractivity (Wildman–Crippen MR) is 104 cm³/mol. The number of nitrogens with one attached hydrogen (secondary N) is 4. The van der Waals surface area contributed by atoms with Gasteiger partial charge in [0.05, 0.1) is 38.4 Å². The Labute approximate surface area is 185 Å². The van der Waals surface area contributed by atoms with Crippen LogP contribution in [0.2, 0.25) is 0 Å². The minimum absolute atomic E-state index is 0.491. The Morgan fingerprint density at radius 1 is 0.667 bits per heavy atom. The number of carboxylic acid groups (broad SMARTS) is 3. The van der Waals surface area contributed by atoms with Crippen LogP contribution in [0.15, 0.2) is 0 Å². The lowest BCUT2D eigenvalue weighted by molar-refractivity contribution is -0.147. The van der Waals surface area contributed by atoms with E-state index in [4.69, 9.17) is 26.8 Å². The highest BCUT2D eigenvalue weighted by Gasteiger charge is 2.26. The normalized spacial score (nSPS) is 12.9. The maximum Gasteiger partial charge on any atom is 0.326 e. The second kappa shape index (κ2) is 13.9. The molecule has 184 valence electrons. The Balaban J connectivity index is 4.83. The van der Waals surface area contributed by atoms with E-state index >= 15 is 0 Å². The summed E-state index contributed by atoms with van der Waals surface area (Å²) in [5.41, 5.74) is 10.3. The smallest absolute Gasteiger partial charge is 0.326 e. The van der Waals surface area contributed by atoms with Crippen molar-refractivity contribution in [2.45, 2.75) is 37.4 Å². The Kier molecular flexibility index (Phi) is 12.1. The third-order valence-electron chi connectivity index (χ3n) is 3.65. The van der Waals surface area contributed by atoms with Crippen molar-refractivity contribution in [1.29, 1.82) is 0 Å². The molecular weight excluding hydrogens is 452 g/mol. The first-order valence-electron chi connectivity index (χ1n) is 9.07. The average molecular weight is 476 g/mol. The van der Waals surface area contributed by atoms with E-state index in [0.717, 1.165) is 0 Å². The van der Waals surface area contributed by atoms with Gasteiger partial charge in [-0.15, -0.1) is 0 Å². The van der Waals surface area contributed by atoms with Crippen molar-refractivity contribution in [2.75, 3.05) is 13.1 Å². The molecule has 0 aliphatic heterocycles. The highest BCUT2D eigenvalue weighted by atomic mass is 16.4. The number of primary amides is 1. The van der Waals surface area contributed by atoms with E-state index in [1.807, 2.05) is 16.0 Å². The predicted octanol–water partition coefficient (Wildman–Crippen LogP) is -5.57. The van der Waals surface area contributed by atoms with Gasteiger partial charge in [0, 0.05) is 0 Å². The van der Waals surface area contributed by atoms with E-state index in [9.17, 15) is 38.4 Å². The largest absolute Gasteiger partial charge is 0.481 e. The molecule has 0 aliphatic rings. The molecule has 0 unspecified atom stereocenters. The standard InChI is InChI=1S/C16H24N6O11/c17-6(1-9(18)23)14(30)19-4-10(24)21-7(2-12(26)27)15(31)20-5-11(25)22-8(16(32)33)3-13(28)29/h6-8H,1-5,17H2,(H2,18,23)(H,19,30)(H,20,31)(H,21,24)(H,22,25)(H,26,27)(H,28,29)(H,32,33)/t6-,7-,8-/m0/s1. The number of amides is 5. The number of carboxylic acids is 3. The molecule has 0 fully saturated rings. The van der Waals surface area contributed by atoms with E-state index in [0.29, 0.717) is 0 Å². The van der Waals surface area contributed by atoms with Gasteiger partial charge < -0.3 is 48.1 Å². The Bertz CT molecular complexity index is 815. The van der Waals surface area contributed by atoms with Crippen LogP contribution in [-0.4, -0.2) is 94.0 Å². The summed E-state index contributed by atoms with van der Waals surface area (Å²) in [6.07, 6.45) is -2.33. The van der Waals surface area contributed by atoms with Crippen LogP contribution >= 0.6 is 0 Å². The van der Waals surface area contributed by atoms with Gasteiger partial charge in [0.1, 0.15) is 12.1 Å². The van der Waals surface area contributed by atoms with Gasteiger partial charge >= 0.3 is 17.9 Å². The number of rotatable bonds is 15. The monoisotopic (exact) mass is 476 g/mol. The van der Waals surface area contributed by atoms with Crippen LogP contribution in [-0.2, 0) is 38.4 Å². The molecule has 0 aromatic carbocycles. The SMILES string of the molecule is NC(=O)C[C@H](N)C(=O)NCC(=O)N[C@@H](CC(=O)O)C(=O)NCC(=O)N[C@@H](CC(=O)O)C(=O)O. The Morgan fingerprint density at radius 2 is 1.09 bits per heavy atom. The number of carbonyl (C=O) groups excluding carboxylic acids is 5. The van der Waals surface area contributed by atoms with Crippen molar-refractivity contribution in [2.24, 2.45) is 11.5 Å². The maximum absolute atomic E-state index is 12.1. The van der Waals surface area contributed by atoms with E-state index < -0.39 is 97.9 Å². The second-order valence-electron chi connectivity index (χ2n) is 6.49. The highest BCUT2D eigenvalue weighted by molar-refractivity contribution is 5.95. The molecule has 17 heteroatoms. The molecule has 11 N–H and O–H groups in total.